The molecule has 0 atom stereocenters. The average Bonchev–Trinajstić information content (AvgIpc) is 3.14. The fourth-order valence-corrected chi connectivity index (χ4v) is 2.65. The molecule has 1 N–H and O–H groups in total. The summed E-state index contributed by atoms with van der Waals surface area (Å²) in [6.45, 7) is 1.41. The number of nitrogens with one attached hydrogen (secondary N) is 1. The monoisotopic (exact) mass is 403 g/mol. The summed E-state index contributed by atoms with van der Waals surface area (Å²) in [6, 6.07) is 13.3. The van der Waals surface area contributed by atoms with Crippen LogP contribution in [0.2, 0.25) is 0 Å². The highest BCUT2D eigenvalue weighted by atomic mass is 19.4. The zero-order valence-electron chi connectivity index (χ0n) is 15.3. The lowest BCUT2D eigenvalue weighted by atomic mass is 10.0. The lowest BCUT2D eigenvalue weighted by Gasteiger charge is -2.05. The van der Waals surface area contributed by atoms with Gasteiger partial charge in [0, 0.05) is 31.0 Å². The summed E-state index contributed by atoms with van der Waals surface area (Å²) in [7, 11) is 0. The van der Waals surface area contributed by atoms with E-state index in [1.807, 2.05) is 0 Å². The van der Waals surface area contributed by atoms with E-state index in [2.05, 4.69) is 20.0 Å². The molecular formula is C20H16F3N3O3. The van der Waals surface area contributed by atoms with Crippen molar-refractivity contribution < 1.29 is 27.3 Å². The molecule has 29 heavy (non-hydrogen) atoms. The molecule has 0 radical (unpaired) electrons. The number of alkyl halides is 3. The molecule has 0 aliphatic carbocycles. The van der Waals surface area contributed by atoms with Crippen molar-refractivity contribution in [1.29, 1.82) is 0 Å². The second-order valence-corrected chi connectivity index (χ2v) is 6.39. The van der Waals surface area contributed by atoms with Crippen LogP contribution >= 0.6 is 0 Å². The van der Waals surface area contributed by atoms with E-state index < -0.39 is 12.1 Å². The van der Waals surface area contributed by atoms with E-state index in [1.165, 1.54) is 19.1 Å². The van der Waals surface area contributed by atoms with E-state index in [0.717, 1.165) is 5.56 Å². The van der Waals surface area contributed by atoms with E-state index >= 15 is 0 Å². The molecule has 0 bridgehead atoms. The van der Waals surface area contributed by atoms with Gasteiger partial charge in [-0.15, -0.1) is 0 Å². The van der Waals surface area contributed by atoms with Gasteiger partial charge in [-0.1, -0.05) is 41.6 Å². The lowest BCUT2D eigenvalue weighted by Crippen LogP contribution is -2.08. The molecule has 1 amide bonds. The maximum absolute atomic E-state index is 12.5. The van der Waals surface area contributed by atoms with Crippen LogP contribution in [0, 0.1) is 0 Å². The third-order valence-electron chi connectivity index (χ3n) is 3.96. The predicted octanol–water partition coefficient (Wildman–Crippen LogP) is 4.07. The molecule has 1 aromatic heterocycles. The number of carbonyl (C=O) groups excluding carboxylic acids is 2. The zero-order valence-corrected chi connectivity index (χ0v) is 15.3. The fraction of sp³-hybridized carbons (Fsp3) is 0.200. The van der Waals surface area contributed by atoms with Gasteiger partial charge in [0.05, 0.1) is 0 Å². The van der Waals surface area contributed by atoms with E-state index in [1.54, 1.807) is 36.4 Å². The number of rotatable bonds is 6. The first-order valence-electron chi connectivity index (χ1n) is 8.59. The molecule has 9 heteroatoms. The Morgan fingerprint density at radius 1 is 0.966 bits per heavy atom. The Hall–Kier alpha value is -3.49. The number of nitrogens with zero attached hydrogens (tertiary/aromatic N) is 2. The van der Waals surface area contributed by atoms with Gasteiger partial charge in [0.25, 0.3) is 0 Å². The molecule has 0 saturated heterocycles. The second-order valence-electron chi connectivity index (χ2n) is 6.39. The summed E-state index contributed by atoms with van der Waals surface area (Å²) in [5, 5.41) is 5.98. The summed E-state index contributed by atoms with van der Waals surface area (Å²) < 4.78 is 41.8. The van der Waals surface area contributed by atoms with Crippen LogP contribution in [0.3, 0.4) is 0 Å². The maximum atomic E-state index is 12.5. The first-order chi connectivity index (χ1) is 13.7. The van der Waals surface area contributed by atoms with E-state index in [0.29, 0.717) is 16.8 Å². The third kappa shape index (κ3) is 5.50. The van der Waals surface area contributed by atoms with Crippen LogP contribution in [0.1, 0.15) is 23.9 Å². The Morgan fingerprint density at radius 2 is 1.52 bits per heavy atom. The third-order valence-corrected chi connectivity index (χ3v) is 3.96. The number of Topliss-reactive ketones (excluding diaryl/α,β-unsaturated/α-hetero) is 1. The highest BCUT2D eigenvalue weighted by Crippen LogP contribution is 2.29. The molecule has 0 aliphatic rings. The molecular weight excluding hydrogens is 387 g/mol. The first-order valence-corrected chi connectivity index (χ1v) is 8.59. The van der Waals surface area contributed by atoms with E-state index in [-0.39, 0.29) is 30.4 Å². The number of benzene rings is 2. The minimum atomic E-state index is -4.70. The Balaban J connectivity index is 1.60. The van der Waals surface area contributed by atoms with Gasteiger partial charge in [-0.3, -0.25) is 9.59 Å². The van der Waals surface area contributed by atoms with Crippen molar-refractivity contribution in [3.8, 4) is 11.4 Å². The highest BCUT2D eigenvalue weighted by Gasteiger charge is 2.38. The summed E-state index contributed by atoms with van der Waals surface area (Å²) in [5.74, 6) is -1.78. The Labute approximate surface area is 163 Å². The minimum Gasteiger partial charge on any atom is -0.329 e. The molecule has 3 aromatic rings. The molecule has 0 aliphatic heterocycles. The van der Waals surface area contributed by atoms with Gasteiger partial charge in [-0.05, 0) is 23.3 Å². The average molecular weight is 403 g/mol. The Morgan fingerprint density at radius 3 is 2.00 bits per heavy atom. The van der Waals surface area contributed by atoms with Gasteiger partial charge in [-0.25, -0.2) is 0 Å². The molecule has 2 aromatic carbocycles. The van der Waals surface area contributed by atoms with Gasteiger partial charge in [0.15, 0.2) is 0 Å². The fourth-order valence-electron chi connectivity index (χ4n) is 2.65. The Bertz CT molecular complexity index is 1010. The lowest BCUT2D eigenvalue weighted by molar-refractivity contribution is -0.159. The SMILES string of the molecule is CC(=O)Nc1ccc(CC(=O)Cc2ccc(-c3noc(C(F)(F)F)n3)cc2)cc1. The van der Waals surface area contributed by atoms with Crippen molar-refractivity contribution in [3.05, 3.63) is 65.5 Å². The summed E-state index contributed by atoms with van der Waals surface area (Å²) >= 11 is 0. The summed E-state index contributed by atoms with van der Waals surface area (Å²) in [5.41, 5.74) is 2.54. The molecule has 3 rings (SSSR count). The number of anilines is 1. The molecule has 1 heterocycles. The van der Waals surface area contributed by atoms with Gasteiger partial charge >= 0.3 is 12.1 Å². The van der Waals surface area contributed by atoms with Crippen molar-refractivity contribution in [2.75, 3.05) is 5.32 Å². The standard InChI is InChI=1S/C20H16F3N3O3/c1-12(27)24-16-8-4-14(5-9-16)11-17(28)10-13-2-6-15(7-3-13)18-25-19(29-26-18)20(21,22)23/h2-9H,10-11H2,1H3,(H,24,27). The predicted molar refractivity (Wildman–Crippen MR) is 97.9 cm³/mol. The Kier molecular flexibility index (Phi) is 5.76. The largest absolute Gasteiger partial charge is 0.471 e. The van der Waals surface area contributed by atoms with Crippen LogP contribution in [-0.2, 0) is 28.6 Å². The maximum Gasteiger partial charge on any atom is 0.471 e. The minimum absolute atomic E-state index is 0.0241. The molecule has 0 unspecified atom stereocenters. The van der Waals surface area contributed by atoms with Crippen LogP contribution in [0.15, 0.2) is 53.1 Å². The van der Waals surface area contributed by atoms with Crippen LogP contribution in [0.4, 0.5) is 18.9 Å². The van der Waals surface area contributed by atoms with Gasteiger partial charge < -0.3 is 9.84 Å². The highest BCUT2D eigenvalue weighted by molar-refractivity contribution is 5.88. The number of hydrogen-bond acceptors (Lipinski definition) is 5. The van der Waals surface area contributed by atoms with Crippen LogP contribution in [0.5, 0.6) is 0 Å². The van der Waals surface area contributed by atoms with Crippen LogP contribution in [0.25, 0.3) is 11.4 Å². The van der Waals surface area contributed by atoms with Crippen molar-refractivity contribution in [1.82, 2.24) is 10.1 Å². The molecule has 150 valence electrons. The topological polar surface area (TPSA) is 85.1 Å². The van der Waals surface area contributed by atoms with E-state index in [9.17, 15) is 22.8 Å². The first kappa shape index (κ1) is 20.2. The molecule has 0 fully saturated rings. The van der Waals surface area contributed by atoms with Crippen molar-refractivity contribution in [2.24, 2.45) is 0 Å². The van der Waals surface area contributed by atoms with Crippen molar-refractivity contribution in [2.45, 2.75) is 25.9 Å². The molecule has 6 nitrogen and oxygen atoms in total. The quantitative estimate of drug-likeness (QED) is 0.671. The zero-order chi connectivity index (χ0) is 21.0. The van der Waals surface area contributed by atoms with Gasteiger partial charge in [-0.2, -0.15) is 18.2 Å². The normalized spacial score (nSPS) is 11.3. The second kappa shape index (κ2) is 8.26. The number of ketones is 1. The summed E-state index contributed by atoms with van der Waals surface area (Å²) in [4.78, 5) is 26.6. The number of amides is 1. The number of aromatic nitrogens is 2. The van der Waals surface area contributed by atoms with Gasteiger partial charge in [0.1, 0.15) is 5.78 Å². The number of hydrogen-bond donors (Lipinski definition) is 1. The summed E-state index contributed by atoms with van der Waals surface area (Å²) in [6.07, 6.45) is -4.30. The van der Waals surface area contributed by atoms with Crippen molar-refractivity contribution in [3.63, 3.8) is 0 Å². The van der Waals surface area contributed by atoms with Crippen LogP contribution in [-0.4, -0.2) is 21.8 Å². The van der Waals surface area contributed by atoms with Crippen LogP contribution < -0.4 is 5.32 Å². The smallest absolute Gasteiger partial charge is 0.329 e. The van der Waals surface area contributed by atoms with Gasteiger partial charge in [0.2, 0.25) is 11.7 Å². The molecule has 0 saturated carbocycles. The number of carbonyl (C=O) groups is 2. The van der Waals surface area contributed by atoms with E-state index in [4.69, 9.17) is 0 Å². The van der Waals surface area contributed by atoms with Crippen molar-refractivity contribution >= 4 is 17.4 Å². The molecule has 0 spiro atoms. The number of halogens is 3.